The second kappa shape index (κ2) is 6.22. The maximum absolute atomic E-state index is 12.2. The Morgan fingerprint density at radius 2 is 2.05 bits per heavy atom. The molecule has 5 heteroatoms. The van der Waals surface area contributed by atoms with Gasteiger partial charge in [-0.2, -0.15) is 0 Å². The van der Waals surface area contributed by atoms with Crippen LogP contribution in [0.25, 0.3) is 6.08 Å². The predicted molar refractivity (Wildman–Crippen MR) is 79.9 cm³/mol. The zero-order valence-corrected chi connectivity index (χ0v) is 12.3. The lowest BCUT2D eigenvalue weighted by Crippen LogP contribution is -2.40. The summed E-state index contributed by atoms with van der Waals surface area (Å²) in [5.74, 6) is 0.147. The van der Waals surface area contributed by atoms with Crippen LogP contribution in [-0.4, -0.2) is 43.3 Å². The molecule has 1 aromatic carbocycles. The zero-order valence-electron chi connectivity index (χ0n) is 11.5. The Bertz CT molecular complexity index is 593. The van der Waals surface area contributed by atoms with Gasteiger partial charge in [-0.3, -0.25) is 4.79 Å². The molecule has 4 nitrogen and oxygen atoms in total. The van der Waals surface area contributed by atoms with Crippen molar-refractivity contribution in [1.82, 2.24) is 4.90 Å². The van der Waals surface area contributed by atoms with E-state index in [-0.39, 0.29) is 23.5 Å². The van der Waals surface area contributed by atoms with Gasteiger partial charge in [-0.1, -0.05) is 30.3 Å². The quantitative estimate of drug-likeness (QED) is 0.795. The number of carbonyl (C=O) groups is 1. The molecule has 108 valence electrons. The highest BCUT2D eigenvalue weighted by molar-refractivity contribution is 7.91. The largest absolute Gasteiger partial charge is 0.335 e. The molecule has 1 aliphatic rings. The molecule has 1 atom stereocenters. The van der Waals surface area contributed by atoms with Crippen LogP contribution in [0.2, 0.25) is 0 Å². The fourth-order valence-corrected chi connectivity index (χ4v) is 4.17. The summed E-state index contributed by atoms with van der Waals surface area (Å²) in [6.07, 6.45) is 3.82. The fourth-order valence-electron chi connectivity index (χ4n) is 2.44. The molecule has 1 aromatic rings. The lowest BCUT2D eigenvalue weighted by molar-refractivity contribution is -0.127. The SMILES string of the molecule is CCN(C(=O)C=Cc1ccccc1)C1CCS(=O)(=O)C1. The van der Waals surface area contributed by atoms with Crippen molar-refractivity contribution in [2.75, 3.05) is 18.1 Å². The summed E-state index contributed by atoms with van der Waals surface area (Å²) >= 11 is 0. The monoisotopic (exact) mass is 293 g/mol. The molecule has 0 radical (unpaired) electrons. The Hall–Kier alpha value is -1.62. The molecule has 0 N–H and O–H groups in total. The zero-order chi connectivity index (χ0) is 14.6. The van der Waals surface area contributed by atoms with Gasteiger partial charge in [-0.15, -0.1) is 0 Å². The first kappa shape index (κ1) is 14.8. The molecule has 2 rings (SSSR count). The molecule has 0 spiro atoms. The Balaban J connectivity index is 2.05. The molecule has 20 heavy (non-hydrogen) atoms. The molecule has 1 aliphatic heterocycles. The summed E-state index contributed by atoms with van der Waals surface area (Å²) in [6, 6.07) is 9.38. The Kier molecular flexibility index (Phi) is 4.60. The number of hydrogen-bond acceptors (Lipinski definition) is 3. The van der Waals surface area contributed by atoms with Crippen molar-refractivity contribution in [3.63, 3.8) is 0 Å². The molecular formula is C15H19NO3S. The maximum Gasteiger partial charge on any atom is 0.246 e. The minimum absolute atomic E-state index is 0.0890. The van der Waals surface area contributed by atoms with Crippen LogP contribution >= 0.6 is 0 Å². The lowest BCUT2D eigenvalue weighted by Gasteiger charge is -2.25. The van der Waals surface area contributed by atoms with Gasteiger partial charge >= 0.3 is 0 Å². The molecule has 1 fully saturated rings. The molecule has 0 aromatic heterocycles. The third-order valence-electron chi connectivity index (χ3n) is 3.49. The topological polar surface area (TPSA) is 54.5 Å². The van der Waals surface area contributed by atoms with E-state index < -0.39 is 9.84 Å². The van der Waals surface area contributed by atoms with Gasteiger partial charge in [0.1, 0.15) is 0 Å². The van der Waals surface area contributed by atoms with E-state index in [2.05, 4.69) is 0 Å². The van der Waals surface area contributed by atoms with Gasteiger partial charge in [-0.05, 0) is 25.0 Å². The van der Waals surface area contributed by atoms with E-state index in [0.717, 1.165) is 5.56 Å². The molecule has 0 bridgehead atoms. The number of likely N-dealkylation sites (N-methyl/N-ethyl adjacent to an activating group) is 1. The smallest absolute Gasteiger partial charge is 0.246 e. The van der Waals surface area contributed by atoms with E-state index >= 15 is 0 Å². The van der Waals surface area contributed by atoms with Crippen molar-refractivity contribution in [1.29, 1.82) is 0 Å². The van der Waals surface area contributed by atoms with Crippen LogP contribution in [0.15, 0.2) is 36.4 Å². The normalized spacial score (nSPS) is 21.1. The summed E-state index contributed by atoms with van der Waals surface area (Å²) in [7, 11) is -2.97. The van der Waals surface area contributed by atoms with Crippen LogP contribution in [0.5, 0.6) is 0 Å². The highest BCUT2D eigenvalue weighted by Crippen LogP contribution is 2.18. The second-order valence-electron chi connectivity index (χ2n) is 4.93. The van der Waals surface area contributed by atoms with Crippen molar-refractivity contribution in [2.24, 2.45) is 0 Å². The number of carbonyl (C=O) groups excluding carboxylic acids is 1. The van der Waals surface area contributed by atoms with E-state index in [9.17, 15) is 13.2 Å². The predicted octanol–water partition coefficient (Wildman–Crippen LogP) is 1.74. The minimum Gasteiger partial charge on any atom is -0.335 e. The van der Waals surface area contributed by atoms with E-state index in [1.807, 2.05) is 37.3 Å². The van der Waals surface area contributed by atoms with E-state index in [4.69, 9.17) is 0 Å². The number of sulfone groups is 1. The van der Waals surface area contributed by atoms with Gasteiger partial charge in [0.15, 0.2) is 9.84 Å². The van der Waals surface area contributed by atoms with Crippen LogP contribution in [0, 0.1) is 0 Å². The van der Waals surface area contributed by atoms with Crippen LogP contribution in [0.1, 0.15) is 18.9 Å². The summed E-state index contributed by atoms with van der Waals surface area (Å²) in [6.45, 7) is 2.40. The first-order valence-electron chi connectivity index (χ1n) is 6.76. The minimum atomic E-state index is -2.97. The molecule has 0 aliphatic carbocycles. The van der Waals surface area contributed by atoms with Gasteiger partial charge in [0.25, 0.3) is 0 Å². The van der Waals surface area contributed by atoms with Gasteiger partial charge < -0.3 is 4.90 Å². The first-order chi connectivity index (χ1) is 9.52. The summed E-state index contributed by atoms with van der Waals surface area (Å²) in [4.78, 5) is 13.8. The highest BCUT2D eigenvalue weighted by Gasteiger charge is 2.33. The number of hydrogen-bond donors (Lipinski definition) is 0. The third kappa shape index (κ3) is 3.70. The van der Waals surface area contributed by atoms with E-state index in [1.54, 1.807) is 11.0 Å². The van der Waals surface area contributed by atoms with Gasteiger partial charge in [0, 0.05) is 18.7 Å². The number of rotatable bonds is 4. The summed E-state index contributed by atoms with van der Waals surface area (Å²) < 4.78 is 23.0. The van der Waals surface area contributed by atoms with Crippen LogP contribution < -0.4 is 0 Å². The molecule has 1 unspecified atom stereocenters. The highest BCUT2D eigenvalue weighted by atomic mass is 32.2. The third-order valence-corrected chi connectivity index (χ3v) is 5.24. The van der Waals surface area contributed by atoms with Crippen LogP contribution in [-0.2, 0) is 14.6 Å². The van der Waals surface area contributed by atoms with Gasteiger partial charge in [0.05, 0.1) is 11.5 Å². The Morgan fingerprint density at radius 3 is 2.60 bits per heavy atom. The van der Waals surface area contributed by atoms with Crippen molar-refractivity contribution in [3.8, 4) is 0 Å². The van der Waals surface area contributed by atoms with Crippen LogP contribution in [0.4, 0.5) is 0 Å². The number of amides is 1. The first-order valence-corrected chi connectivity index (χ1v) is 8.58. The van der Waals surface area contributed by atoms with Crippen LogP contribution in [0.3, 0.4) is 0 Å². The van der Waals surface area contributed by atoms with Crippen molar-refractivity contribution in [3.05, 3.63) is 42.0 Å². The van der Waals surface area contributed by atoms with Gasteiger partial charge in [0.2, 0.25) is 5.91 Å². The summed E-state index contributed by atoms with van der Waals surface area (Å²) in [5, 5.41) is 0. The molecule has 1 saturated heterocycles. The standard InChI is InChI=1S/C15H19NO3S/c1-2-16(14-10-11-20(18,19)12-14)15(17)9-8-13-6-4-3-5-7-13/h3-9,14H,2,10-12H2,1H3. The molecular weight excluding hydrogens is 274 g/mol. The van der Waals surface area contributed by atoms with Crippen molar-refractivity contribution in [2.45, 2.75) is 19.4 Å². The van der Waals surface area contributed by atoms with Gasteiger partial charge in [-0.25, -0.2) is 8.42 Å². The van der Waals surface area contributed by atoms with E-state index in [0.29, 0.717) is 13.0 Å². The fraction of sp³-hybridized carbons (Fsp3) is 0.400. The van der Waals surface area contributed by atoms with E-state index in [1.165, 1.54) is 6.08 Å². The molecule has 0 saturated carbocycles. The van der Waals surface area contributed by atoms with Crippen molar-refractivity contribution >= 4 is 21.8 Å². The average molecular weight is 293 g/mol. The maximum atomic E-state index is 12.2. The Morgan fingerprint density at radius 1 is 1.35 bits per heavy atom. The lowest BCUT2D eigenvalue weighted by atomic mass is 10.2. The Labute approximate surface area is 120 Å². The number of nitrogens with zero attached hydrogens (tertiary/aromatic N) is 1. The summed E-state index contributed by atoms with van der Waals surface area (Å²) in [5.41, 5.74) is 0.955. The molecule has 1 heterocycles. The average Bonchev–Trinajstić information content (AvgIpc) is 2.78. The number of benzene rings is 1. The molecule has 1 amide bonds. The van der Waals surface area contributed by atoms with Crippen molar-refractivity contribution < 1.29 is 13.2 Å². The second-order valence-corrected chi connectivity index (χ2v) is 7.15.